The number of benzene rings is 1. The third-order valence-corrected chi connectivity index (χ3v) is 7.08. The van der Waals surface area contributed by atoms with E-state index in [2.05, 4.69) is 30.2 Å². The summed E-state index contributed by atoms with van der Waals surface area (Å²) in [6.07, 6.45) is 10.4. The van der Waals surface area contributed by atoms with E-state index in [0.29, 0.717) is 33.1 Å². The van der Waals surface area contributed by atoms with Gasteiger partial charge in [-0.15, -0.1) is 0 Å². The molecule has 0 aliphatic carbocycles. The predicted molar refractivity (Wildman–Crippen MR) is 157 cm³/mol. The molecule has 6 nitrogen and oxygen atoms in total. The number of carbonyl (C=O) groups excluding carboxylic acids is 1. The quantitative estimate of drug-likeness (QED) is 0.147. The fourth-order valence-corrected chi connectivity index (χ4v) is 5.04. The number of hydrogen-bond donors (Lipinski definition) is 2. The first-order valence-corrected chi connectivity index (χ1v) is 13.6. The number of amides is 1. The molecule has 0 aliphatic heterocycles. The first kappa shape index (κ1) is 28.9. The highest BCUT2D eigenvalue weighted by molar-refractivity contribution is 7.99. The smallest absolute Gasteiger partial charge is 0.245 e. The summed E-state index contributed by atoms with van der Waals surface area (Å²) in [5.74, 6) is 0.618. The Morgan fingerprint density at radius 2 is 1.92 bits per heavy atom. The van der Waals surface area contributed by atoms with Crippen molar-refractivity contribution in [2.24, 2.45) is 0 Å². The molecular weight excluding hydrogens is 549 g/mol. The molecule has 0 saturated carbocycles. The van der Waals surface area contributed by atoms with E-state index in [1.807, 2.05) is 42.0 Å². The van der Waals surface area contributed by atoms with Crippen molar-refractivity contribution >= 4 is 64.0 Å². The Morgan fingerprint density at radius 3 is 2.62 bits per heavy atom. The summed E-state index contributed by atoms with van der Waals surface area (Å²) in [5.41, 5.74) is 10.3. The van der Waals surface area contributed by atoms with Crippen LogP contribution in [-0.4, -0.2) is 26.2 Å². The van der Waals surface area contributed by atoms with Crippen molar-refractivity contribution in [2.75, 3.05) is 16.8 Å². The van der Waals surface area contributed by atoms with Crippen molar-refractivity contribution in [1.29, 1.82) is 0 Å². The first-order chi connectivity index (χ1) is 17.7. The van der Waals surface area contributed by atoms with Crippen LogP contribution in [0.15, 0.2) is 77.1 Å². The predicted octanol–water partition coefficient (Wildman–Crippen LogP) is 7.61. The van der Waals surface area contributed by atoms with Crippen molar-refractivity contribution in [2.45, 2.75) is 38.9 Å². The van der Waals surface area contributed by atoms with Crippen LogP contribution in [0.25, 0.3) is 0 Å². The Bertz CT molecular complexity index is 1360. The van der Waals surface area contributed by atoms with Gasteiger partial charge in [0.25, 0.3) is 0 Å². The maximum absolute atomic E-state index is 12.9. The number of nitrogens with one attached hydrogen (secondary N) is 1. The molecule has 0 unspecified atom stereocenters. The zero-order valence-electron chi connectivity index (χ0n) is 20.8. The van der Waals surface area contributed by atoms with Gasteiger partial charge in [0.05, 0.1) is 11.4 Å². The van der Waals surface area contributed by atoms with Crippen molar-refractivity contribution in [3.63, 3.8) is 0 Å². The zero-order chi connectivity index (χ0) is 26.9. The fraction of sp³-hybridized carbons (Fsp3) is 0.222. The molecule has 0 radical (unpaired) electrons. The molecule has 2 heterocycles. The largest absolute Gasteiger partial charge is 0.396 e. The van der Waals surface area contributed by atoms with Crippen LogP contribution in [0.3, 0.4) is 0 Å². The van der Waals surface area contributed by atoms with Gasteiger partial charge in [-0.2, -0.15) is 0 Å². The highest BCUT2D eigenvalue weighted by atomic mass is 35.5. The molecule has 2 aromatic heterocycles. The summed E-state index contributed by atoms with van der Waals surface area (Å²) in [6.45, 7) is 6.15. The van der Waals surface area contributed by atoms with Crippen molar-refractivity contribution in [1.82, 2.24) is 14.5 Å². The summed E-state index contributed by atoms with van der Waals surface area (Å²) in [5, 5.41) is 4.83. The normalized spacial score (nSPS) is 11.4. The van der Waals surface area contributed by atoms with E-state index in [4.69, 9.17) is 45.5 Å². The molecule has 0 spiro atoms. The van der Waals surface area contributed by atoms with E-state index in [1.165, 1.54) is 11.1 Å². The van der Waals surface area contributed by atoms with Crippen LogP contribution in [0.4, 0.5) is 11.5 Å². The van der Waals surface area contributed by atoms with Gasteiger partial charge in [0, 0.05) is 28.4 Å². The van der Waals surface area contributed by atoms with Crippen LogP contribution in [0, 0.1) is 0 Å². The molecule has 3 rings (SSSR count). The molecule has 0 saturated heterocycles. The molecule has 10 heteroatoms. The lowest BCUT2D eigenvalue weighted by Crippen LogP contribution is -2.20. The molecule has 1 amide bonds. The maximum Gasteiger partial charge on any atom is 0.245 e. The maximum atomic E-state index is 12.9. The number of aromatic nitrogens is 3. The Balaban J connectivity index is 1.85. The number of nitrogens with two attached hydrogens (primary N) is 1. The van der Waals surface area contributed by atoms with Crippen LogP contribution < -0.4 is 11.1 Å². The lowest BCUT2D eigenvalue weighted by atomic mass is 10.1. The second kappa shape index (κ2) is 13.7. The molecule has 0 fully saturated rings. The minimum absolute atomic E-state index is 0.0237. The zero-order valence-corrected chi connectivity index (χ0v) is 23.8. The van der Waals surface area contributed by atoms with Crippen LogP contribution in [0.5, 0.6) is 0 Å². The van der Waals surface area contributed by atoms with Gasteiger partial charge in [0.2, 0.25) is 5.91 Å². The second-order valence-corrected chi connectivity index (χ2v) is 10.5. The third-order valence-electron chi connectivity index (χ3n) is 5.24. The van der Waals surface area contributed by atoms with E-state index in [1.54, 1.807) is 36.0 Å². The molecule has 37 heavy (non-hydrogen) atoms. The molecule has 1 aromatic carbocycles. The van der Waals surface area contributed by atoms with Gasteiger partial charge in [-0.25, -0.2) is 9.97 Å². The molecule has 0 bridgehead atoms. The van der Waals surface area contributed by atoms with Gasteiger partial charge in [-0.1, -0.05) is 82.5 Å². The molecule has 0 aliphatic rings. The number of nitrogen functional groups attached to an aromatic ring is 1. The van der Waals surface area contributed by atoms with E-state index in [9.17, 15) is 4.79 Å². The van der Waals surface area contributed by atoms with E-state index < -0.39 is 0 Å². The number of carbonyl (C=O) groups is 1. The minimum Gasteiger partial charge on any atom is -0.396 e. The molecule has 0 atom stereocenters. The van der Waals surface area contributed by atoms with Crippen molar-refractivity contribution < 1.29 is 4.79 Å². The summed E-state index contributed by atoms with van der Waals surface area (Å²) >= 11 is 20.0. The number of nitrogens with zero attached hydrogens (tertiary/aromatic N) is 3. The lowest BCUT2D eigenvalue weighted by molar-refractivity contribution is -0.116. The molecule has 3 N–H and O–H groups in total. The van der Waals surface area contributed by atoms with Gasteiger partial charge < -0.3 is 15.6 Å². The first-order valence-electron chi connectivity index (χ1n) is 11.5. The van der Waals surface area contributed by atoms with Gasteiger partial charge >= 0.3 is 0 Å². The Kier molecular flexibility index (Phi) is 10.7. The Morgan fingerprint density at radius 1 is 1.14 bits per heavy atom. The van der Waals surface area contributed by atoms with E-state index in [-0.39, 0.29) is 23.4 Å². The number of anilines is 2. The minimum atomic E-state index is -0.299. The SMILES string of the molecule is C/C=C\C=C/C(CSc1nc(Cc2ccc(Cl)cc2Cl)cn1CC(=O)Nc1nc(Cl)ccc1N)=C(C)C. The lowest BCUT2D eigenvalue weighted by Gasteiger charge is -2.10. The molecule has 3 aromatic rings. The van der Waals surface area contributed by atoms with E-state index >= 15 is 0 Å². The fourth-order valence-electron chi connectivity index (χ4n) is 3.28. The molecular formula is C27H28Cl3N5OS. The van der Waals surface area contributed by atoms with Crippen molar-refractivity contribution in [3.05, 3.63) is 98.4 Å². The van der Waals surface area contributed by atoms with Crippen LogP contribution in [-0.2, 0) is 17.8 Å². The highest BCUT2D eigenvalue weighted by Crippen LogP contribution is 2.27. The van der Waals surface area contributed by atoms with Crippen molar-refractivity contribution in [3.8, 4) is 0 Å². The Labute approximate surface area is 236 Å². The number of imidazole rings is 1. The van der Waals surface area contributed by atoms with E-state index in [0.717, 1.165) is 11.3 Å². The molecule has 194 valence electrons. The van der Waals surface area contributed by atoms with Gasteiger partial charge in [-0.05, 0) is 56.2 Å². The summed E-state index contributed by atoms with van der Waals surface area (Å²) in [7, 11) is 0. The number of pyridine rings is 1. The average Bonchev–Trinajstić information content (AvgIpc) is 3.20. The second-order valence-electron chi connectivity index (χ2n) is 8.37. The van der Waals surface area contributed by atoms with Crippen LogP contribution >= 0.6 is 46.6 Å². The highest BCUT2D eigenvalue weighted by Gasteiger charge is 2.16. The average molecular weight is 577 g/mol. The number of allylic oxidation sites excluding steroid dienone is 5. The van der Waals surface area contributed by atoms with Crippen LogP contribution in [0.1, 0.15) is 32.0 Å². The summed E-state index contributed by atoms with van der Waals surface area (Å²) in [4.78, 5) is 21.8. The number of thioether (sulfide) groups is 1. The summed E-state index contributed by atoms with van der Waals surface area (Å²) < 4.78 is 1.82. The number of halogens is 3. The topological polar surface area (TPSA) is 85.8 Å². The van der Waals surface area contributed by atoms with Gasteiger partial charge in [0.15, 0.2) is 11.0 Å². The summed E-state index contributed by atoms with van der Waals surface area (Å²) in [6, 6.07) is 8.54. The van der Waals surface area contributed by atoms with Gasteiger partial charge in [0.1, 0.15) is 11.7 Å². The number of hydrogen-bond acceptors (Lipinski definition) is 5. The Hall–Kier alpha value is -2.71. The van der Waals surface area contributed by atoms with Gasteiger partial charge in [-0.3, -0.25) is 4.79 Å². The standard InChI is InChI=1S/C27H28Cl3N5OS/c1-4-5-6-7-19(17(2)3)16-37-27-32-21(12-18-8-9-20(28)13-22(18)29)14-35(27)15-25(36)34-26-23(31)10-11-24(30)33-26/h4-11,13-14H,12,15-16,31H2,1-3H3,(H,33,34,36)/b5-4-,7-6-. The number of rotatable bonds is 10. The van der Waals surface area contributed by atoms with Crippen LogP contribution in [0.2, 0.25) is 15.2 Å². The monoisotopic (exact) mass is 575 g/mol. The third kappa shape index (κ3) is 8.68.